The summed E-state index contributed by atoms with van der Waals surface area (Å²) in [5.74, 6) is 0. The molecule has 68 valence electrons. The van der Waals surface area contributed by atoms with E-state index < -0.39 is 0 Å². The smallest absolute Gasteiger partial charge is 0.143 e. The second-order valence-electron chi connectivity index (χ2n) is 2.94. The van der Waals surface area contributed by atoms with E-state index in [1.54, 1.807) is 6.08 Å². The van der Waals surface area contributed by atoms with Crippen LogP contribution in [-0.4, -0.2) is 6.29 Å². The molecule has 0 aromatic heterocycles. The highest BCUT2D eigenvalue weighted by Gasteiger charge is 1.82. The normalized spacial score (nSPS) is 12.3. The third-order valence-electron chi connectivity index (χ3n) is 1.69. The van der Waals surface area contributed by atoms with Crippen LogP contribution in [0.4, 0.5) is 0 Å². The maximum atomic E-state index is 10.0. The Morgan fingerprint density at radius 3 is 2.67 bits per heavy atom. The lowest BCUT2D eigenvalue weighted by Crippen LogP contribution is -1.73. The van der Waals surface area contributed by atoms with Crippen LogP contribution in [0.2, 0.25) is 0 Å². The van der Waals surface area contributed by atoms with Gasteiger partial charge in [-0.25, -0.2) is 0 Å². The summed E-state index contributed by atoms with van der Waals surface area (Å²) >= 11 is 0. The number of carbonyl (C=O) groups excluding carboxylic acids is 1. The lowest BCUT2D eigenvalue weighted by molar-refractivity contribution is -0.104. The van der Waals surface area contributed by atoms with Gasteiger partial charge < -0.3 is 0 Å². The highest BCUT2D eigenvalue weighted by Crippen LogP contribution is 2.01. The molecule has 0 saturated carbocycles. The van der Waals surface area contributed by atoms with Crippen molar-refractivity contribution in [2.75, 3.05) is 0 Å². The summed E-state index contributed by atoms with van der Waals surface area (Å²) in [6.07, 6.45) is 11.5. The van der Waals surface area contributed by atoms with Crippen molar-refractivity contribution in [3.8, 4) is 0 Å². The Balaban J connectivity index is 3.47. The molecule has 1 heteroatoms. The van der Waals surface area contributed by atoms with Crippen molar-refractivity contribution in [2.45, 2.75) is 39.5 Å². The number of rotatable bonds is 6. The second kappa shape index (κ2) is 8.25. The van der Waals surface area contributed by atoms with Crippen LogP contribution >= 0.6 is 0 Å². The zero-order valence-electron chi connectivity index (χ0n) is 8.05. The Hall–Kier alpha value is -0.850. The maximum absolute atomic E-state index is 10.0. The SMILES string of the molecule is CCCCCC=CC(C)=CC=O. The van der Waals surface area contributed by atoms with Crippen LogP contribution < -0.4 is 0 Å². The summed E-state index contributed by atoms with van der Waals surface area (Å²) in [6, 6.07) is 0. The van der Waals surface area contributed by atoms with Crippen molar-refractivity contribution in [2.24, 2.45) is 0 Å². The average molecular weight is 166 g/mol. The molecule has 0 aliphatic heterocycles. The Morgan fingerprint density at radius 1 is 1.33 bits per heavy atom. The summed E-state index contributed by atoms with van der Waals surface area (Å²) in [4.78, 5) is 10.0. The lowest BCUT2D eigenvalue weighted by Gasteiger charge is -1.91. The van der Waals surface area contributed by atoms with Gasteiger partial charge in [-0.15, -0.1) is 0 Å². The fourth-order valence-corrected chi connectivity index (χ4v) is 0.944. The van der Waals surface area contributed by atoms with E-state index in [0.29, 0.717) is 0 Å². The fraction of sp³-hybridized carbons (Fsp3) is 0.545. The zero-order valence-corrected chi connectivity index (χ0v) is 8.05. The Morgan fingerprint density at radius 2 is 2.08 bits per heavy atom. The molecule has 12 heavy (non-hydrogen) atoms. The molecular weight excluding hydrogens is 148 g/mol. The molecule has 0 spiro atoms. The fourth-order valence-electron chi connectivity index (χ4n) is 0.944. The quantitative estimate of drug-likeness (QED) is 0.256. The lowest BCUT2D eigenvalue weighted by atomic mass is 10.2. The molecule has 0 aliphatic rings. The minimum absolute atomic E-state index is 0.825. The molecule has 1 nitrogen and oxygen atoms in total. The van der Waals surface area contributed by atoms with E-state index in [4.69, 9.17) is 0 Å². The van der Waals surface area contributed by atoms with E-state index in [-0.39, 0.29) is 0 Å². The molecule has 0 rings (SSSR count). The van der Waals surface area contributed by atoms with Crippen LogP contribution in [0.3, 0.4) is 0 Å². The van der Waals surface area contributed by atoms with Crippen LogP contribution in [0.25, 0.3) is 0 Å². The van der Waals surface area contributed by atoms with Crippen molar-refractivity contribution in [3.05, 3.63) is 23.8 Å². The van der Waals surface area contributed by atoms with Gasteiger partial charge in [0.25, 0.3) is 0 Å². The van der Waals surface area contributed by atoms with Gasteiger partial charge in [0.2, 0.25) is 0 Å². The topological polar surface area (TPSA) is 17.1 Å². The third kappa shape index (κ3) is 7.26. The second-order valence-corrected chi connectivity index (χ2v) is 2.94. The summed E-state index contributed by atoms with van der Waals surface area (Å²) in [7, 11) is 0. The predicted octanol–water partition coefficient (Wildman–Crippen LogP) is 3.27. The molecule has 0 aliphatic carbocycles. The first-order valence-electron chi connectivity index (χ1n) is 4.60. The molecule has 0 fully saturated rings. The average Bonchev–Trinajstić information content (AvgIpc) is 2.05. The van der Waals surface area contributed by atoms with Gasteiger partial charge in [0.1, 0.15) is 6.29 Å². The highest BCUT2D eigenvalue weighted by molar-refractivity contribution is 5.66. The van der Waals surface area contributed by atoms with Gasteiger partial charge in [-0.05, 0) is 31.4 Å². The van der Waals surface area contributed by atoms with Gasteiger partial charge >= 0.3 is 0 Å². The Kier molecular flexibility index (Phi) is 7.66. The Labute approximate surface area is 75.2 Å². The molecule has 0 atom stereocenters. The van der Waals surface area contributed by atoms with Crippen molar-refractivity contribution >= 4 is 6.29 Å². The molecule has 0 bridgehead atoms. The first-order chi connectivity index (χ1) is 5.81. The zero-order chi connectivity index (χ0) is 9.23. The molecule has 0 amide bonds. The van der Waals surface area contributed by atoms with Gasteiger partial charge in [0, 0.05) is 0 Å². The van der Waals surface area contributed by atoms with Gasteiger partial charge in [-0.2, -0.15) is 0 Å². The van der Waals surface area contributed by atoms with Crippen LogP contribution in [0, 0.1) is 0 Å². The van der Waals surface area contributed by atoms with Crippen molar-refractivity contribution in [3.63, 3.8) is 0 Å². The van der Waals surface area contributed by atoms with Crippen LogP contribution in [0.5, 0.6) is 0 Å². The number of hydrogen-bond donors (Lipinski definition) is 0. The van der Waals surface area contributed by atoms with Gasteiger partial charge in [0.05, 0.1) is 0 Å². The monoisotopic (exact) mass is 166 g/mol. The number of aldehydes is 1. The highest BCUT2D eigenvalue weighted by atomic mass is 16.1. The van der Waals surface area contributed by atoms with Crippen LogP contribution in [0.15, 0.2) is 23.8 Å². The molecule has 0 radical (unpaired) electrons. The summed E-state index contributed by atoms with van der Waals surface area (Å²) in [6.45, 7) is 4.13. The van der Waals surface area contributed by atoms with E-state index in [0.717, 1.165) is 18.3 Å². The van der Waals surface area contributed by atoms with E-state index in [9.17, 15) is 4.79 Å². The molecular formula is C11H18O. The summed E-state index contributed by atoms with van der Waals surface area (Å²) in [5, 5.41) is 0. The number of allylic oxidation sites excluding steroid dienone is 4. The minimum atomic E-state index is 0.825. The first-order valence-corrected chi connectivity index (χ1v) is 4.60. The van der Waals surface area contributed by atoms with Crippen LogP contribution in [0.1, 0.15) is 39.5 Å². The number of unbranched alkanes of at least 4 members (excludes halogenated alkanes) is 3. The standard InChI is InChI=1S/C11H18O/c1-3-4-5-6-7-8-11(2)9-10-12/h7-10H,3-6H2,1-2H3. The Bertz CT molecular complexity index is 166. The number of carbonyl (C=O) groups is 1. The van der Waals surface area contributed by atoms with Gasteiger partial charge in [-0.3, -0.25) is 4.79 Å². The van der Waals surface area contributed by atoms with E-state index in [1.807, 2.05) is 13.0 Å². The molecule has 0 N–H and O–H groups in total. The summed E-state index contributed by atoms with van der Waals surface area (Å²) in [5.41, 5.74) is 1.03. The van der Waals surface area contributed by atoms with Crippen LogP contribution in [-0.2, 0) is 4.79 Å². The maximum Gasteiger partial charge on any atom is 0.143 e. The number of hydrogen-bond acceptors (Lipinski definition) is 1. The third-order valence-corrected chi connectivity index (χ3v) is 1.69. The first kappa shape index (κ1) is 11.2. The van der Waals surface area contributed by atoms with E-state index >= 15 is 0 Å². The van der Waals surface area contributed by atoms with Crippen molar-refractivity contribution in [1.29, 1.82) is 0 Å². The molecule has 0 saturated heterocycles. The van der Waals surface area contributed by atoms with Crippen molar-refractivity contribution in [1.82, 2.24) is 0 Å². The molecule has 0 aromatic rings. The van der Waals surface area contributed by atoms with E-state index in [1.165, 1.54) is 19.3 Å². The molecule has 0 heterocycles. The summed E-state index contributed by atoms with van der Waals surface area (Å²) < 4.78 is 0. The van der Waals surface area contributed by atoms with Gasteiger partial charge in [-0.1, -0.05) is 31.9 Å². The molecule has 0 unspecified atom stereocenters. The minimum Gasteiger partial charge on any atom is -0.299 e. The van der Waals surface area contributed by atoms with E-state index in [2.05, 4.69) is 13.0 Å². The molecule has 0 aromatic carbocycles. The van der Waals surface area contributed by atoms with Gasteiger partial charge in [0.15, 0.2) is 0 Å². The van der Waals surface area contributed by atoms with Crippen molar-refractivity contribution < 1.29 is 4.79 Å². The predicted molar refractivity (Wildman–Crippen MR) is 53.1 cm³/mol. The largest absolute Gasteiger partial charge is 0.299 e.